The second-order valence-corrected chi connectivity index (χ2v) is 6.99. The first kappa shape index (κ1) is 15.8. The summed E-state index contributed by atoms with van der Waals surface area (Å²) in [6.45, 7) is 2.13. The van der Waals surface area contributed by atoms with Crippen molar-refractivity contribution in [2.75, 3.05) is 0 Å². The number of carbonyl (C=O) groups excluding carboxylic acids is 1. The standard InChI is InChI=1S/C19H16N2O3S/c1-2-16(19(23)24)21-9-13-4-3-11(7-14(13)18(21)22)12-5-6-17-15(8-12)20-10-25-17/h3-8,10,16H,2,9H2,1H3,(H,23,24). The number of aliphatic carboxylic acids is 1. The highest BCUT2D eigenvalue weighted by molar-refractivity contribution is 7.16. The van der Waals surface area contributed by atoms with Crippen LogP contribution in [-0.2, 0) is 11.3 Å². The number of benzene rings is 2. The molecule has 25 heavy (non-hydrogen) atoms. The maximum absolute atomic E-state index is 12.7. The van der Waals surface area contributed by atoms with Crippen molar-refractivity contribution in [3.8, 4) is 11.1 Å². The zero-order valence-electron chi connectivity index (χ0n) is 13.6. The summed E-state index contributed by atoms with van der Waals surface area (Å²) in [5, 5.41) is 9.34. The zero-order chi connectivity index (χ0) is 17.6. The molecule has 1 N–H and O–H groups in total. The highest BCUT2D eigenvalue weighted by atomic mass is 32.1. The van der Waals surface area contributed by atoms with Crippen molar-refractivity contribution >= 4 is 33.4 Å². The summed E-state index contributed by atoms with van der Waals surface area (Å²) in [4.78, 5) is 29.9. The number of rotatable bonds is 4. The summed E-state index contributed by atoms with van der Waals surface area (Å²) in [7, 11) is 0. The first-order valence-corrected chi connectivity index (χ1v) is 8.96. The normalized spacial score (nSPS) is 14.8. The molecule has 1 aliphatic rings. The summed E-state index contributed by atoms with van der Waals surface area (Å²) in [5.41, 5.74) is 6.16. The molecular formula is C19H16N2O3S. The van der Waals surface area contributed by atoms with Crippen LogP contribution in [0, 0.1) is 0 Å². The van der Waals surface area contributed by atoms with Crippen LogP contribution in [-0.4, -0.2) is 32.9 Å². The van der Waals surface area contributed by atoms with Gasteiger partial charge in [0.2, 0.25) is 0 Å². The molecule has 0 saturated carbocycles. The number of hydrogen-bond acceptors (Lipinski definition) is 4. The first-order chi connectivity index (χ1) is 12.1. The second kappa shape index (κ2) is 5.97. The van der Waals surface area contributed by atoms with E-state index in [1.165, 1.54) is 4.90 Å². The van der Waals surface area contributed by atoms with Gasteiger partial charge in [0, 0.05) is 12.1 Å². The number of hydrogen-bond donors (Lipinski definition) is 1. The Hall–Kier alpha value is -2.73. The lowest BCUT2D eigenvalue weighted by atomic mass is 10.0. The second-order valence-electron chi connectivity index (χ2n) is 6.10. The molecule has 2 aromatic carbocycles. The van der Waals surface area contributed by atoms with E-state index in [4.69, 9.17) is 0 Å². The van der Waals surface area contributed by atoms with E-state index in [1.54, 1.807) is 18.3 Å². The van der Waals surface area contributed by atoms with Crippen LogP contribution >= 0.6 is 11.3 Å². The highest BCUT2D eigenvalue weighted by Gasteiger charge is 2.35. The van der Waals surface area contributed by atoms with Crippen molar-refractivity contribution in [1.82, 2.24) is 9.88 Å². The number of amides is 1. The molecule has 1 unspecified atom stereocenters. The van der Waals surface area contributed by atoms with E-state index in [0.29, 0.717) is 18.5 Å². The summed E-state index contributed by atoms with van der Waals surface area (Å²) in [6.07, 6.45) is 0.391. The molecule has 3 aromatic rings. The van der Waals surface area contributed by atoms with Crippen molar-refractivity contribution in [3.05, 3.63) is 53.0 Å². The summed E-state index contributed by atoms with van der Waals surface area (Å²) >= 11 is 1.59. The van der Waals surface area contributed by atoms with Gasteiger partial charge in [-0.05, 0) is 41.3 Å². The molecular weight excluding hydrogens is 336 g/mol. The lowest BCUT2D eigenvalue weighted by molar-refractivity contribution is -0.142. The van der Waals surface area contributed by atoms with Crippen molar-refractivity contribution < 1.29 is 14.7 Å². The van der Waals surface area contributed by atoms with Crippen molar-refractivity contribution in [1.29, 1.82) is 0 Å². The fraction of sp³-hybridized carbons (Fsp3) is 0.211. The zero-order valence-corrected chi connectivity index (χ0v) is 14.4. The predicted octanol–water partition coefficient (Wildman–Crippen LogP) is 3.78. The van der Waals surface area contributed by atoms with Crippen LogP contribution in [0.1, 0.15) is 29.3 Å². The van der Waals surface area contributed by atoms with Crippen LogP contribution in [0.4, 0.5) is 0 Å². The van der Waals surface area contributed by atoms with E-state index in [-0.39, 0.29) is 5.91 Å². The topological polar surface area (TPSA) is 70.5 Å². The highest BCUT2D eigenvalue weighted by Crippen LogP contribution is 2.31. The number of aromatic nitrogens is 1. The van der Waals surface area contributed by atoms with Gasteiger partial charge in [0.25, 0.3) is 5.91 Å². The third-order valence-corrected chi connectivity index (χ3v) is 5.46. The van der Waals surface area contributed by atoms with Gasteiger partial charge in [-0.15, -0.1) is 11.3 Å². The molecule has 1 aromatic heterocycles. The van der Waals surface area contributed by atoms with Gasteiger partial charge < -0.3 is 10.0 Å². The van der Waals surface area contributed by atoms with E-state index in [2.05, 4.69) is 4.98 Å². The van der Waals surface area contributed by atoms with Crippen LogP contribution in [0.25, 0.3) is 21.3 Å². The van der Waals surface area contributed by atoms with E-state index in [9.17, 15) is 14.7 Å². The van der Waals surface area contributed by atoms with Crippen LogP contribution in [0.5, 0.6) is 0 Å². The van der Waals surface area contributed by atoms with Crippen LogP contribution in [0.3, 0.4) is 0 Å². The lowest BCUT2D eigenvalue weighted by Gasteiger charge is -2.22. The number of carbonyl (C=O) groups is 2. The molecule has 0 bridgehead atoms. The molecule has 0 radical (unpaired) electrons. The Bertz CT molecular complexity index is 995. The van der Waals surface area contributed by atoms with Gasteiger partial charge in [0.15, 0.2) is 0 Å². The summed E-state index contributed by atoms with van der Waals surface area (Å²) < 4.78 is 1.12. The number of carboxylic acids is 1. The molecule has 2 heterocycles. The molecule has 1 atom stereocenters. The van der Waals surface area contributed by atoms with Crippen LogP contribution in [0.2, 0.25) is 0 Å². The average Bonchev–Trinajstić information content (AvgIpc) is 3.19. The fourth-order valence-corrected chi connectivity index (χ4v) is 3.98. The van der Waals surface area contributed by atoms with Gasteiger partial charge in [-0.2, -0.15) is 0 Å². The molecule has 0 aliphatic carbocycles. The maximum Gasteiger partial charge on any atom is 0.326 e. The molecule has 4 rings (SSSR count). The van der Waals surface area contributed by atoms with Gasteiger partial charge >= 0.3 is 5.97 Å². The number of fused-ring (bicyclic) bond motifs is 2. The Morgan fingerprint density at radius 1 is 1.28 bits per heavy atom. The minimum Gasteiger partial charge on any atom is -0.480 e. The molecule has 1 aliphatic heterocycles. The molecule has 126 valence electrons. The average molecular weight is 352 g/mol. The van der Waals surface area contributed by atoms with E-state index < -0.39 is 12.0 Å². The molecule has 1 amide bonds. The summed E-state index contributed by atoms with van der Waals surface area (Å²) in [6, 6.07) is 11.0. The third-order valence-electron chi connectivity index (χ3n) is 4.65. The van der Waals surface area contributed by atoms with Crippen LogP contribution < -0.4 is 0 Å². The maximum atomic E-state index is 12.7. The molecule has 0 saturated heterocycles. The quantitative estimate of drug-likeness (QED) is 0.776. The Morgan fingerprint density at radius 3 is 2.80 bits per heavy atom. The van der Waals surface area contributed by atoms with Crippen molar-refractivity contribution in [2.45, 2.75) is 25.9 Å². The van der Waals surface area contributed by atoms with E-state index >= 15 is 0 Å². The van der Waals surface area contributed by atoms with Gasteiger partial charge in [-0.25, -0.2) is 9.78 Å². The Balaban J connectivity index is 1.71. The monoisotopic (exact) mass is 352 g/mol. The number of carboxylic acid groups (broad SMARTS) is 1. The van der Waals surface area contributed by atoms with E-state index in [1.807, 2.05) is 41.9 Å². The largest absolute Gasteiger partial charge is 0.480 e. The molecule has 0 fully saturated rings. The minimum absolute atomic E-state index is 0.208. The Labute approximate surface area is 148 Å². The van der Waals surface area contributed by atoms with Crippen LogP contribution in [0.15, 0.2) is 41.9 Å². The molecule has 0 spiro atoms. The van der Waals surface area contributed by atoms with Crippen molar-refractivity contribution in [2.24, 2.45) is 0 Å². The number of nitrogens with zero attached hydrogens (tertiary/aromatic N) is 2. The molecule has 6 heteroatoms. The lowest BCUT2D eigenvalue weighted by Crippen LogP contribution is -2.40. The van der Waals surface area contributed by atoms with Crippen molar-refractivity contribution in [3.63, 3.8) is 0 Å². The fourth-order valence-electron chi connectivity index (χ4n) is 3.32. The predicted molar refractivity (Wildman–Crippen MR) is 96.6 cm³/mol. The first-order valence-electron chi connectivity index (χ1n) is 8.09. The van der Waals surface area contributed by atoms with E-state index in [0.717, 1.165) is 26.9 Å². The Kier molecular flexibility index (Phi) is 3.77. The van der Waals surface area contributed by atoms with Gasteiger partial charge in [0.05, 0.1) is 15.7 Å². The minimum atomic E-state index is -0.960. The Morgan fingerprint density at radius 2 is 2.04 bits per heavy atom. The number of thiazole rings is 1. The SMILES string of the molecule is CCC(C(=O)O)N1Cc2ccc(-c3ccc4scnc4c3)cc2C1=O. The smallest absolute Gasteiger partial charge is 0.326 e. The molecule has 5 nitrogen and oxygen atoms in total. The third kappa shape index (κ3) is 2.59. The van der Waals surface area contributed by atoms with Gasteiger partial charge in [0.1, 0.15) is 6.04 Å². The van der Waals surface area contributed by atoms with Gasteiger partial charge in [-0.1, -0.05) is 25.1 Å². The summed E-state index contributed by atoms with van der Waals surface area (Å²) in [5.74, 6) is -1.17. The van der Waals surface area contributed by atoms with Gasteiger partial charge in [-0.3, -0.25) is 4.79 Å².